The lowest BCUT2D eigenvalue weighted by atomic mass is 10.3. The molecule has 0 fully saturated rings. The van der Waals surface area contributed by atoms with Gasteiger partial charge in [0, 0.05) is 5.69 Å². The Morgan fingerprint density at radius 2 is 1.71 bits per heavy atom. The molecular formula is C20H16N2O5S. The van der Waals surface area contributed by atoms with Crippen molar-refractivity contribution in [3.05, 3.63) is 73.0 Å². The van der Waals surface area contributed by atoms with Gasteiger partial charge < -0.3 is 18.9 Å². The minimum atomic E-state index is -3.91. The highest BCUT2D eigenvalue weighted by molar-refractivity contribution is 7.91. The minimum absolute atomic E-state index is 0.000389. The first kappa shape index (κ1) is 17.9. The van der Waals surface area contributed by atoms with Crippen LogP contribution in [0.5, 0.6) is 5.75 Å². The molecule has 0 aliphatic heterocycles. The molecule has 4 aromatic rings. The van der Waals surface area contributed by atoms with Gasteiger partial charge in [0.25, 0.3) is 5.89 Å². The lowest BCUT2D eigenvalue weighted by molar-refractivity contribution is 0.415. The predicted molar refractivity (Wildman–Crippen MR) is 102 cm³/mol. The van der Waals surface area contributed by atoms with Crippen LogP contribution in [0, 0.1) is 0 Å². The van der Waals surface area contributed by atoms with Gasteiger partial charge in [-0.25, -0.2) is 8.42 Å². The van der Waals surface area contributed by atoms with Gasteiger partial charge in [-0.05, 0) is 48.5 Å². The molecule has 0 atom stereocenters. The van der Waals surface area contributed by atoms with E-state index >= 15 is 0 Å². The monoisotopic (exact) mass is 396 g/mol. The Morgan fingerprint density at radius 1 is 0.964 bits per heavy atom. The molecule has 4 rings (SSSR count). The summed E-state index contributed by atoms with van der Waals surface area (Å²) in [6.45, 7) is 0. The van der Waals surface area contributed by atoms with Crippen molar-refractivity contribution >= 4 is 21.4 Å². The van der Waals surface area contributed by atoms with E-state index in [9.17, 15) is 8.42 Å². The number of benzene rings is 2. The third-order valence-corrected chi connectivity index (χ3v) is 5.66. The fraction of sp³-hybridized carbons (Fsp3) is 0.0500. The summed E-state index contributed by atoms with van der Waals surface area (Å²) in [7, 11) is -2.34. The number of methoxy groups -OCH3 is 1. The molecule has 0 saturated heterocycles. The van der Waals surface area contributed by atoms with Gasteiger partial charge in [0.1, 0.15) is 5.75 Å². The molecule has 2 heterocycles. The average Bonchev–Trinajstić information content (AvgIpc) is 3.39. The van der Waals surface area contributed by atoms with Crippen LogP contribution in [0.3, 0.4) is 0 Å². The van der Waals surface area contributed by atoms with Crippen molar-refractivity contribution in [2.24, 2.45) is 0 Å². The van der Waals surface area contributed by atoms with Crippen LogP contribution < -0.4 is 10.1 Å². The first-order chi connectivity index (χ1) is 13.6. The SMILES string of the molecule is COc1ccc(Nc2oc(-c3ccco3)nc2S(=O)(=O)c2ccccc2)cc1. The van der Waals surface area contributed by atoms with Crippen molar-refractivity contribution in [3.8, 4) is 17.4 Å². The van der Waals surface area contributed by atoms with Crippen LogP contribution in [0.1, 0.15) is 0 Å². The van der Waals surface area contributed by atoms with Crippen LogP contribution in [0.2, 0.25) is 0 Å². The van der Waals surface area contributed by atoms with Crippen LogP contribution in [0.4, 0.5) is 11.6 Å². The smallest absolute Gasteiger partial charge is 0.266 e. The topological polar surface area (TPSA) is 94.6 Å². The van der Waals surface area contributed by atoms with Crippen LogP contribution >= 0.6 is 0 Å². The molecule has 28 heavy (non-hydrogen) atoms. The summed E-state index contributed by atoms with van der Waals surface area (Å²) in [5.41, 5.74) is 0.618. The summed E-state index contributed by atoms with van der Waals surface area (Å²) >= 11 is 0. The Morgan fingerprint density at radius 3 is 2.36 bits per heavy atom. The lowest BCUT2D eigenvalue weighted by Gasteiger charge is -2.07. The van der Waals surface area contributed by atoms with Crippen LogP contribution in [0.25, 0.3) is 11.7 Å². The van der Waals surface area contributed by atoms with Crippen molar-refractivity contribution in [1.29, 1.82) is 0 Å². The average molecular weight is 396 g/mol. The molecule has 0 unspecified atom stereocenters. The van der Waals surface area contributed by atoms with E-state index in [4.69, 9.17) is 13.6 Å². The van der Waals surface area contributed by atoms with Crippen LogP contribution in [-0.4, -0.2) is 20.5 Å². The Bertz CT molecular complexity index is 1170. The largest absolute Gasteiger partial charge is 0.497 e. The lowest BCUT2D eigenvalue weighted by Crippen LogP contribution is -2.05. The Labute approximate surface area is 161 Å². The van der Waals surface area contributed by atoms with Gasteiger partial charge in [-0.2, -0.15) is 4.98 Å². The van der Waals surface area contributed by atoms with Gasteiger partial charge in [0.05, 0.1) is 18.3 Å². The van der Waals surface area contributed by atoms with Crippen molar-refractivity contribution in [3.63, 3.8) is 0 Å². The molecule has 0 amide bonds. The number of ether oxygens (including phenoxy) is 1. The molecule has 0 saturated carbocycles. The third-order valence-electron chi connectivity index (χ3n) is 3.98. The summed E-state index contributed by atoms with van der Waals surface area (Å²) in [6.07, 6.45) is 1.46. The summed E-state index contributed by atoms with van der Waals surface area (Å²) in [4.78, 5) is 4.31. The van der Waals surface area contributed by atoms with Crippen LogP contribution in [0.15, 0.2) is 91.7 Å². The maximum Gasteiger partial charge on any atom is 0.266 e. The van der Waals surface area contributed by atoms with E-state index in [1.165, 1.54) is 18.4 Å². The fourth-order valence-corrected chi connectivity index (χ4v) is 3.87. The number of rotatable bonds is 6. The molecule has 0 bridgehead atoms. The predicted octanol–water partition coefficient (Wildman–Crippen LogP) is 4.52. The third kappa shape index (κ3) is 3.37. The second-order valence-corrected chi connectivity index (χ2v) is 7.67. The molecule has 0 aliphatic rings. The maximum atomic E-state index is 13.1. The van der Waals surface area contributed by atoms with Crippen molar-refractivity contribution in [2.75, 3.05) is 12.4 Å². The highest BCUT2D eigenvalue weighted by Crippen LogP contribution is 2.34. The molecule has 2 aromatic heterocycles. The normalized spacial score (nSPS) is 11.3. The number of oxazole rings is 1. The van der Waals surface area contributed by atoms with Gasteiger partial charge in [-0.15, -0.1) is 0 Å². The second-order valence-electron chi connectivity index (χ2n) is 5.80. The zero-order valence-corrected chi connectivity index (χ0v) is 15.6. The molecule has 0 radical (unpaired) electrons. The van der Waals surface area contributed by atoms with Crippen LogP contribution in [-0.2, 0) is 9.84 Å². The zero-order valence-electron chi connectivity index (χ0n) is 14.8. The van der Waals surface area contributed by atoms with E-state index in [0.717, 1.165) is 0 Å². The Kier molecular flexibility index (Phi) is 4.62. The van der Waals surface area contributed by atoms with E-state index in [1.54, 1.807) is 61.7 Å². The van der Waals surface area contributed by atoms with Crippen molar-refractivity contribution < 1.29 is 22.0 Å². The van der Waals surface area contributed by atoms with Gasteiger partial charge in [0.2, 0.25) is 20.7 Å². The number of hydrogen-bond donors (Lipinski definition) is 1. The van der Waals surface area contributed by atoms with Crippen molar-refractivity contribution in [1.82, 2.24) is 4.98 Å². The first-order valence-corrected chi connectivity index (χ1v) is 9.82. The van der Waals surface area contributed by atoms with Crippen molar-refractivity contribution in [2.45, 2.75) is 9.92 Å². The van der Waals surface area contributed by atoms with E-state index in [2.05, 4.69) is 10.3 Å². The quantitative estimate of drug-likeness (QED) is 0.512. The number of sulfone groups is 1. The maximum absolute atomic E-state index is 13.1. The zero-order chi connectivity index (χ0) is 19.6. The number of nitrogens with zero attached hydrogens (tertiary/aromatic N) is 1. The number of furan rings is 1. The highest BCUT2D eigenvalue weighted by Gasteiger charge is 2.29. The van der Waals surface area contributed by atoms with E-state index in [-0.39, 0.29) is 21.7 Å². The Hall–Kier alpha value is -3.52. The molecule has 1 N–H and O–H groups in total. The fourth-order valence-electron chi connectivity index (χ4n) is 2.59. The van der Waals surface area contributed by atoms with Gasteiger partial charge >= 0.3 is 0 Å². The summed E-state index contributed by atoms with van der Waals surface area (Å²) in [5, 5.41) is 2.76. The van der Waals surface area contributed by atoms with Gasteiger partial charge in [-0.1, -0.05) is 18.2 Å². The summed E-state index contributed by atoms with van der Waals surface area (Å²) in [6, 6.07) is 18.3. The second kappa shape index (κ2) is 7.24. The molecule has 8 heteroatoms. The number of hydrogen-bond acceptors (Lipinski definition) is 7. The van der Waals surface area contributed by atoms with E-state index < -0.39 is 9.84 Å². The molecule has 0 spiro atoms. The highest BCUT2D eigenvalue weighted by atomic mass is 32.2. The van der Waals surface area contributed by atoms with Gasteiger partial charge in [0.15, 0.2) is 5.76 Å². The summed E-state index contributed by atoms with van der Waals surface area (Å²) < 4.78 is 42.4. The van der Waals surface area contributed by atoms with Gasteiger partial charge in [-0.3, -0.25) is 0 Å². The molecule has 2 aromatic carbocycles. The first-order valence-electron chi connectivity index (χ1n) is 8.34. The molecule has 0 aliphatic carbocycles. The number of nitrogens with one attached hydrogen (secondary N) is 1. The van der Waals surface area contributed by atoms with E-state index in [0.29, 0.717) is 17.2 Å². The summed E-state index contributed by atoms with van der Waals surface area (Å²) in [5.74, 6) is 1.07. The number of aromatic nitrogens is 1. The Balaban J connectivity index is 1.80. The molecule has 142 valence electrons. The van der Waals surface area contributed by atoms with E-state index in [1.807, 2.05) is 0 Å². The standard InChI is InChI=1S/C20H16N2O5S/c1-25-15-11-9-14(10-12-15)21-19-20(22-18(27-19)17-8-5-13-26-17)28(23,24)16-6-3-2-4-7-16/h2-13,21H,1H3. The minimum Gasteiger partial charge on any atom is -0.497 e. The molecular weight excluding hydrogens is 380 g/mol. The molecule has 7 nitrogen and oxygen atoms in total. The number of anilines is 2.